The first-order chi connectivity index (χ1) is 8.49. The van der Waals surface area contributed by atoms with Crippen molar-refractivity contribution >= 4 is 0 Å². The summed E-state index contributed by atoms with van der Waals surface area (Å²) in [6, 6.07) is 0.710. The molecule has 2 nitrogen and oxygen atoms in total. The van der Waals surface area contributed by atoms with E-state index in [-0.39, 0.29) is 5.54 Å². The molecule has 0 spiro atoms. The van der Waals surface area contributed by atoms with Crippen molar-refractivity contribution in [3.8, 4) is 0 Å². The fraction of sp³-hybridized carbons (Fsp3) is 1.00. The summed E-state index contributed by atoms with van der Waals surface area (Å²) in [6.45, 7) is 7.95. The van der Waals surface area contributed by atoms with Crippen molar-refractivity contribution in [1.82, 2.24) is 5.32 Å². The third-order valence-corrected chi connectivity index (χ3v) is 5.51. The average Bonchev–Trinajstić information content (AvgIpc) is 2.69. The van der Waals surface area contributed by atoms with Gasteiger partial charge in [0.25, 0.3) is 0 Å². The molecule has 2 fully saturated rings. The second-order valence-corrected chi connectivity index (χ2v) is 7.58. The minimum Gasteiger partial charge on any atom is -0.329 e. The molecule has 2 saturated carbocycles. The number of nitrogens with one attached hydrogen (secondary N) is 1. The van der Waals surface area contributed by atoms with Crippen LogP contribution in [0.5, 0.6) is 0 Å². The van der Waals surface area contributed by atoms with Gasteiger partial charge in [0.1, 0.15) is 0 Å². The summed E-state index contributed by atoms with van der Waals surface area (Å²) in [5.41, 5.74) is 6.90. The largest absolute Gasteiger partial charge is 0.329 e. The van der Waals surface area contributed by atoms with Crippen LogP contribution in [0.4, 0.5) is 0 Å². The van der Waals surface area contributed by atoms with E-state index in [0.29, 0.717) is 11.5 Å². The van der Waals surface area contributed by atoms with Crippen LogP contribution >= 0.6 is 0 Å². The summed E-state index contributed by atoms with van der Waals surface area (Å²) in [5, 5.41) is 3.96. The Balaban J connectivity index is 1.90. The van der Waals surface area contributed by atoms with Gasteiger partial charge in [-0.2, -0.15) is 0 Å². The topological polar surface area (TPSA) is 38.0 Å². The van der Waals surface area contributed by atoms with Gasteiger partial charge in [-0.15, -0.1) is 0 Å². The minimum absolute atomic E-state index is 0.261. The molecule has 106 valence electrons. The van der Waals surface area contributed by atoms with Crippen LogP contribution in [0.15, 0.2) is 0 Å². The lowest BCUT2D eigenvalue weighted by Crippen LogP contribution is -2.56. The predicted octanol–water partition coefficient (Wildman–Crippen LogP) is 3.45. The molecule has 0 bridgehead atoms. The number of nitrogens with two attached hydrogens (primary N) is 1. The van der Waals surface area contributed by atoms with Crippen LogP contribution in [0.3, 0.4) is 0 Å². The third kappa shape index (κ3) is 3.27. The average molecular weight is 252 g/mol. The summed E-state index contributed by atoms with van der Waals surface area (Å²) in [7, 11) is 0. The molecular formula is C16H32N2. The molecule has 18 heavy (non-hydrogen) atoms. The number of hydrogen-bond acceptors (Lipinski definition) is 2. The lowest BCUT2D eigenvalue weighted by molar-refractivity contribution is 0.171. The Labute approximate surface area is 113 Å². The third-order valence-electron chi connectivity index (χ3n) is 5.51. The maximum Gasteiger partial charge on any atom is 0.0306 e. The first kappa shape index (κ1) is 14.3. The van der Waals surface area contributed by atoms with E-state index in [1.165, 1.54) is 51.4 Å². The molecule has 0 radical (unpaired) electrons. The SMILES string of the molecule is CCC1CCC(CN)(NC2CCC(C)(C)C2)CC1. The zero-order valence-corrected chi connectivity index (χ0v) is 12.6. The molecule has 0 saturated heterocycles. The van der Waals surface area contributed by atoms with Crippen molar-refractivity contribution in [2.75, 3.05) is 6.54 Å². The molecule has 0 heterocycles. The van der Waals surface area contributed by atoms with Crippen molar-refractivity contribution in [3.63, 3.8) is 0 Å². The van der Waals surface area contributed by atoms with E-state index in [9.17, 15) is 0 Å². The van der Waals surface area contributed by atoms with Crippen LogP contribution in [0.25, 0.3) is 0 Å². The predicted molar refractivity (Wildman–Crippen MR) is 78.6 cm³/mol. The van der Waals surface area contributed by atoms with E-state index in [4.69, 9.17) is 5.73 Å². The van der Waals surface area contributed by atoms with Crippen molar-refractivity contribution in [2.24, 2.45) is 17.1 Å². The molecule has 0 aromatic carbocycles. The smallest absolute Gasteiger partial charge is 0.0306 e. The first-order valence-electron chi connectivity index (χ1n) is 7.96. The minimum atomic E-state index is 0.261. The Hall–Kier alpha value is -0.0800. The van der Waals surface area contributed by atoms with E-state index >= 15 is 0 Å². The van der Waals surface area contributed by atoms with Crippen molar-refractivity contribution in [3.05, 3.63) is 0 Å². The fourth-order valence-electron chi connectivity index (χ4n) is 4.04. The Morgan fingerprint density at radius 3 is 2.22 bits per heavy atom. The van der Waals surface area contributed by atoms with E-state index < -0.39 is 0 Å². The molecule has 2 aliphatic rings. The van der Waals surface area contributed by atoms with Gasteiger partial charge in [0.05, 0.1) is 0 Å². The Kier molecular flexibility index (Phi) is 4.38. The zero-order valence-electron chi connectivity index (χ0n) is 12.6. The van der Waals surface area contributed by atoms with E-state index in [2.05, 4.69) is 26.1 Å². The van der Waals surface area contributed by atoms with E-state index in [1.807, 2.05) is 0 Å². The van der Waals surface area contributed by atoms with Crippen molar-refractivity contribution < 1.29 is 0 Å². The van der Waals surface area contributed by atoms with Gasteiger partial charge in [0.2, 0.25) is 0 Å². The maximum absolute atomic E-state index is 6.11. The molecule has 1 atom stereocenters. The number of hydrogen-bond donors (Lipinski definition) is 2. The second kappa shape index (κ2) is 5.50. The van der Waals surface area contributed by atoms with Gasteiger partial charge in [-0.3, -0.25) is 0 Å². The normalized spacial score (nSPS) is 40.0. The van der Waals surface area contributed by atoms with Crippen LogP contribution in [-0.2, 0) is 0 Å². The summed E-state index contributed by atoms with van der Waals surface area (Å²) in [6.07, 6.45) is 10.7. The van der Waals surface area contributed by atoms with Crippen LogP contribution < -0.4 is 11.1 Å². The summed E-state index contributed by atoms with van der Waals surface area (Å²) in [5.74, 6) is 0.950. The van der Waals surface area contributed by atoms with E-state index in [1.54, 1.807) is 0 Å². The highest BCUT2D eigenvalue weighted by Gasteiger charge is 2.39. The summed E-state index contributed by atoms with van der Waals surface area (Å²) < 4.78 is 0. The fourth-order valence-corrected chi connectivity index (χ4v) is 4.04. The maximum atomic E-state index is 6.11. The molecule has 2 rings (SSSR count). The highest BCUT2D eigenvalue weighted by Crippen LogP contribution is 2.40. The molecule has 0 aromatic rings. The lowest BCUT2D eigenvalue weighted by atomic mass is 9.75. The standard InChI is InChI=1S/C16H32N2/c1-4-13-5-9-16(12-17,10-6-13)18-14-7-8-15(2,3)11-14/h13-14,18H,4-12,17H2,1-3H3. The van der Waals surface area contributed by atoms with Crippen molar-refractivity contribution in [1.29, 1.82) is 0 Å². The Morgan fingerprint density at radius 1 is 1.11 bits per heavy atom. The zero-order chi connectivity index (χ0) is 13.2. The van der Waals surface area contributed by atoms with Crippen LogP contribution in [-0.4, -0.2) is 18.1 Å². The summed E-state index contributed by atoms with van der Waals surface area (Å²) in [4.78, 5) is 0. The van der Waals surface area contributed by atoms with Gasteiger partial charge in [-0.1, -0.05) is 27.2 Å². The van der Waals surface area contributed by atoms with Gasteiger partial charge < -0.3 is 11.1 Å². The van der Waals surface area contributed by atoms with Crippen LogP contribution in [0.1, 0.15) is 72.1 Å². The van der Waals surface area contributed by atoms with Crippen molar-refractivity contribution in [2.45, 2.75) is 83.7 Å². The molecular weight excluding hydrogens is 220 g/mol. The van der Waals surface area contributed by atoms with Gasteiger partial charge in [-0.25, -0.2) is 0 Å². The van der Waals surface area contributed by atoms with Gasteiger partial charge in [0, 0.05) is 18.1 Å². The molecule has 0 aliphatic heterocycles. The second-order valence-electron chi connectivity index (χ2n) is 7.58. The molecule has 0 amide bonds. The quantitative estimate of drug-likeness (QED) is 0.804. The van der Waals surface area contributed by atoms with Gasteiger partial charge in [0.15, 0.2) is 0 Å². The van der Waals surface area contributed by atoms with Gasteiger partial charge in [-0.05, 0) is 56.3 Å². The van der Waals surface area contributed by atoms with Crippen LogP contribution in [0.2, 0.25) is 0 Å². The van der Waals surface area contributed by atoms with Crippen LogP contribution in [0, 0.1) is 11.3 Å². The highest BCUT2D eigenvalue weighted by molar-refractivity contribution is 4.98. The molecule has 0 aromatic heterocycles. The lowest BCUT2D eigenvalue weighted by Gasteiger charge is -2.42. The van der Waals surface area contributed by atoms with E-state index in [0.717, 1.165) is 12.5 Å². The monoisotopic (exact) mass is 252 g/mol. The summed E-state index contributed by atoms with van der Waals surface area (Å²) >= 11 is 0. The number of rotatable bonds is 4. The molecule has 2 heteroatoms. The Morgan fingerprint density at radius 2 is 1.78 bits per heavy atom. The molecule has 3 N–H and O–H groups in total. The van der Waals surface area contributed by atoms with Gasteiger partial charge >= 0.3 is 0 Å². The Bertz CT molecular complexity index is 264. The highest BCUT2D eigenvalue weighted by atomic mass is 15.0. The molecule has 2 aliphatic carbocycles. The molecule has 1 unspecified atom stereocenters. The first-order valence-corrected chi connectivity index (χ1v) is 7.96.